The van der Waals surface area contributed by atoms with E-state index in [-0.39, 0.29) is 11.9 Å². The summed E-state index contributed by atoms with van der Waals surface area (Å²) in [7, 11) is 0. The molecule has 1 atom stereocenters. The maximum atomic E-state index is 11.0. The van der Waals surface area contributed by atoms with Crippen LogP contribution in [0.3, 0.4) is 0 Å². The second-order valence-electron chi connectivity index (χ2n) is 3.83. The monoisotopic (exact) mass is 250 g/mol. The van der Waals surface area contributed by atoms with Gasteiger partial charge in [-0.2, -0.15) is 0 Å². The normalized spacial score (nSPS) is 12.6. The van der Waals surface area contributed by atoms with Gasteiger partial charge in [-0.1, -0.05) is 17.8 Å². The highest BCUT2D eigenvalue weighted by Crippen LogP contribution is 2.24. The van der Waals surface area contributed by atoms with E-state index in [1.807, 2.05) is 31.4 Å². The van der Waals surface area contributed by atoms with Gasteiger partial charge in [0.25, 0.3) is 5.22 Å². The van der Waals surface area contributed by atoms with Crippen molar-refractivity contribution in [3.8, 4) is 0 Å². The van der Waals surface area contributed by atoms with Crippen molar-refractivity contribution in [2.45, 2.75) is 25.1 Å². The fraction of sp³-hybridized carbons (Fsp3) is 0.333. The van der Waals surface area contributed by atoms with E-state index in [2.05, 4.69) is 10.3 Å². The number of amides is 1. The largest absolute Gasteiger partial charge is 0.431 e. The van der Waals surface area contributed by atoms with Crippen LogP contribution in [0.25, 0.3) is 11.1 Å². The number of nitrogens with zero attached hydrogens (tertiary/aromatic N) is 1. The number of rotatable bonds is 3. The Balaban J connectivity index is 2.33. The number of fused-ring (bicyclic) bond motifs is 1. The van der Waals surface area contributed by atoms with E-state index in [1.165, 1.54) is 18.7 Å². The van der Waals surface area contributed by atoms with Crippen molar-refractivity contribution in [3.05, 3.63) is 23.8 Å². The quantitative estimate of drug-likeness (QED) is 0.851. The smallest absolute Gasteiger partial charge is 0.256 e. The van der Waals surface area contributed by atoms with Crippen LogP contribution in [0.1, 0.15) is 25.5 Å². The Morgan fingerprint density at radius 1 is 1.53 bits per heavy atom. The number of benzene rings is 1. The molecule has 2 rings (SSSR count). The van der Waals surface area contributed by atoms with Crippen LogP contribution in [0.15, 0.2) is 27.8 Å². The third kappa shape index (κ3) is 2.61. The van der Waals surface area contributed by atoms with E-state index >= 15 is 0 Å². The SMILES string of the molecule is CSc1nc2ccc(C(C)NC(C)=O)cc2o1. The van der Waals surface area contributed by atoms with Gasteiger partial charge in [-0.15, -0.1) is 0 Å². The van der Waals surface area contributed by atoms with Gasteiger partial charge >= 0.3 is 0 Å². The molecule has 17 heavy (non-hydrogen) atoms. The molecule has 1 unspecified atom stereocenters. The summed E-state index contributed by atoms with van der Waals surface area (Å²) < 4.78 is 5.55. The molecule has 1 amide bonds. The number of hydrogen-bond donors (Lipinski definition) is 1. The first kappa shape index (κ1) is 12.0. The second kappa shape index (κ2) is 4.79. The first-order valence-corrected chi connectivity index (χ1v) is 6.54. The molecule has 1 aromatic heterocycles. The predicted molar refractivity (Wildman–Crippen MR) is 68.0 cm³/mol. The number of hydrogen-bond acceptors (Lipinski definition) is 4. The average Bonchev–Trinajstić information content (AvgIpc) is 2.69. The molecular weight excluding hydrogens is 236 g/mol. The zero-order valence-electron chi connectivity index (χ0n) is 9.98. The molecule has 5 heteroatoms. The molecule has 0 fully saturated rings. The number of carbonyl (C=O) groups is 1. The second-order valence-corrected chi connectivity index (χ2v) is 4.59. The number of thioether (sulfide) groups is 1. The number of aromatic nitrogens is 1. The molecule has 0 radical (unpaired) electrons. The van der Waals surface area contributed by atoms with E-state index in [1.54, 1.807) is 0 Å². The van der Waals surface area contributed by atoms with Crippen LogP contribution in [0.4, 0.5) is 0 Å². The first-order valence-electron chi connectivity index (χ1n) is 5.31. The van der Waals surface area contributed by atoms with Crippen molar-refractivity contribution in [1.82, 2.24) is 10.3 Å². The van der Waals surface area contributed by atoms with E-state index in [4.69, 9.17) is 4.42 Å². The minimum absolute atomic E-state index is 0.0280. The van der Waals surface area contributed by atoms with Gasteiger partial charge < -0.3 is 9.73 Å². The fourth-order valence-electron chi connectivity index (χ4n) is 1.66. The highest BCUT2D eigenvalue weighted by Gasteiger charge is 2.10. The lowest BCUT2D eigenvalue weighted by Gasteiger charge is -2.12. The summed E-state index contributed by atoms with van der Waals surface area (Å²) in [4.78, 5) is 15.3. The van der Waals surface area contributed by atoms with Gasteiger partial charge in [-0.05, 0) is 30.9 Å². The van der Waals surface area contributed by atoms with Crippen molar-refractivity contribution >= 4 is 28.8 Å². The maximum absolute atomic E-state index is 11.0. The summed E-state index contributed by atoms with van der Waals surface area (Å²) in [6, 6.07) is 5.75. The van der Waals surface area contributed by atoms with Crippen molar-refractivity contribution in [2.24, 2.45) is 0 Å². The summed E-state index contributed by atoms with van der Waals surface area (Å²) in [5.41, 5.74) is 2.61. The minimum Gasteiger partial charge on any atom is -0.431 e. The molecule has 1 N–H and O–H groups in total. The molecular formula is C12H14N2O2S. The Morgan fingerprint density at radius 2 is 2.29 bits per heavy atom. The molecule has 1 aromatic carbocycles. The lowest BCUT2D eigenvalue weighted by Crippen LogP contribution is -2.23. The first-order chi connectivity index (χ1) is 8.10. The van der Waals surface area contributed by atoms with E-state index in [0.29, 0.717) is 5.22 Å². The molecule has 0 aliphatic carbocycles. The highest BCUT2D eigenvalue weighted by molar-refractivity contribution is 7.98. The molecule has 0 aliphatic rings. The molecule has 1 heterocycles. The van der Waals surface area contributed by atoms with Crippen molar-refractivity contribution in [1.29, 1.82) is 0 Å². The molecule has 2 aromatic rings. The Hall–Kier alpha value is -1.49. The summed E-state index contributed by atoms with van der Waals surface area (Å²) in [5, 5.41) is 3.50. The Morgan fingerprint density at radius 3 is 2.94 bits per heavy atom. The van der Waals surface area contributed by atoms with Gasteiger partial charge in [0.05, 0.1) is 6.04 Å². The maximum Gasteiger partial charge on any atom is 0.256 e. The molecule has 4 nitrogen and oxygen atoms in total. The van der Waals surface area contributed by atoms with Gasteiger partial charge in [-0.3, -0.25) is 4.79 Å². The summed E-state index contributed by atoms with van der Waals surface area (Å²) in [6.45, 7) is 3.45. The van der Waals surface area contributed by atoms with Crippen molar-refractivity contribution in [3.63, 3.8) is 0 Å². The van der Waals surface area contributed by atoms with Gasteiger partial charge in [0, 0.05) is 6.92 Å². The lowest BCUT2D eigenvalue weighted by molar-refractivity contribution is -0.119. The molecule has 0 saturated heterocycles. The zero-order chi connectivity index (χ0) is 12.4. The van der Waals surface area contributed by atoms with E-state index in [0.717, 1.165) is 16.7 Å². The average molecular weight is 250 g/mol. The van der Waals surface area contributed by atoms with Crippen LogP contribution in [-0.4, -0.2) is 17.1 Å². The standard InChI is InChI=1S/C12H14N2O2S/c1-7(13-8(2)15)9-4-5-10-11(6-9)16-12(14-10)17-3/h4-7H,1-3H3,(H,13,15). The van der Waals surface area contributed by atoms with Crippen LogP contribution in [0, 0.1) is 0 Å². The van der Waals surface area contributed by atoms with Crippen LogP contribution in [-0.2, 0) is 4.79 Å². The van der Waals surface area contributed by atoms with Crippen LogP contribution in [0.5, 0.6) is 0 Å². The minimum atomic E-state index is -0.0417. The fourth-order valence-corrected chi connectivity index (χ4v) is 2.03. The lowest BCUT2D eigenvalue weighted by atomic mass is 10.1. The van der Waals surface area contributed by atoms with Crippen molar-refractivity contribution in [2.75, 3.05) is 6.26 Å². The summed E-state index contributed by atoms with van der Waals surface area (Å²) in [5.74, 6) is -0.0417. The molecule has 0 aliphatic heterocycles. The third-order valence-electron chi connectivity index (χ3n) is 2.49. The predicted octanol–water partition coefficient (Wildman–Crippen LogP) is 2.75. The van der Waals surface area contributed by atoms with Crippen LogP contribution < -0.4 is 5.32 Å². The molecule has 0 bridgehead atoms. The molecule has 0 saturated carbocycles. The summed E-state index contributed by atoms with van der Waals surface area (Å²) >= 11 is 1.47. The van der Waals surface area contributed by atoms with Gasteiger partial charge in [-0.25, -0.2) is 4.98 Å². The number of carbonyl (C=O) groups excluding carboxylic acids is 1. The van der Waals surface area contributed by atoms with E-state index in [9.17, 15) is 4.79 Å². The van der Waals surface area contributed by atoms with Crippen LogP contribution in [0.2, 0.25) is 0 Å². The van der Waals surface area contributed by atoms with E-state index < -0.39 is 0 Å². The van der Waals surface area contributed by atoms with Gasteiger partial charge in [0.1, 0.15) is 5.52 Å². The Bertz CT molecular complexity index is 550. The van der Waals surface area contributed by atoms with Crippen LogP contribution >= 0.6 is 11.8 Å². The highest BCUT2D eigenvalue weighted by atomic mass is 32.2. The van der Waals surface area contributed by atoms with Gasteiger partial charge in [0.2, 0.25) is 5.91 Å². The molecule has 90 valence electrons. The zero-order valence-corrected chi connectivity index (χ0v) is 10.8. The Labute approximate surface area is 104 Å². The Kier molecular flexibility index (Phi) is 3.38. The number of nitrogens with one attached hydrogen (secondary N) is 1. The van der Waals surface area contributed by atoms with Gasteiger partial charge in [0.15, 0.2) is 5.58 Å². The molecule has 0 spiro atoms. The van der Waals surface area contributed by atoms with Crippen molar-refractivity contribution < 1.29 is 9.21 Å². The summed E-state index contributed by atoms with van der Waals surface area (Å²) in [6.07, 6.45) is 1.92. The third-order valence-corrected chi connectivity index (χ3v) is 3.01. The topological polar surface area (TPSA) is 55.1 Å². The number of oxazole rings is 1.